The molecule has 3 aromatic rings. The quantitative estimate of drug-likeness (QED) is 0.477. The predicted octanol–water partition coefficient (Wildman–Crippen LogP) is 6.53. The molecule has 3 rings (SSSR count). The highest BCUT2D eigenvalue weighted by Gasteiger charge is 2.14. The molecule has 2 aromatic carbocycles. The van der Waals surface area contributed by atoms with Gasteiger partial charge in [0.05, 0.1) is 14.9 Å². The summed E-state index contributed by atoms with van der Waals surface area (Å²) >= 11 is 25.0. The van der Waals surface area contributed by atoms with E-state index in [1.54, 1.807) is 36.5 Å². The lowest BCUT2D eigenvalue weighted by molar-refractivity contribution is -0.114. The molecule has 0 aliphatic heterocycles. The first-order valence-corrected chi connectivity index (χ1v) is 9.50. The number of hydrogen-bond acceptors (Lipinski definition) is 3. The van der Waals surface area contributed by atoms with Gasteiger partial charge in [-0.3, -0.25) is 4.79 Å². The van der Waals surface area contributed by atoms with Gasteiger partial charge in [0.1, 0.15) is 5.01 Å². The van der Waals surface area contributed by atoms with Crippen molar-refractivity contribution in [2.24, 2.45) is 0 Å². The second-order valence-corrected chi connectivity index (χ2v) is 7.93. The summed E-state index contributed by atoms with van der Waals surface area (Å²) in [6, 6.07) is 12.6. The van der Waals surface area contributed by atoms with Crippen molar-refractivity contribution >= 4 is 69.3 Å². The minimum Gasteiger partial charge on any atom is -0.324 e. The van der Waals surface area contributed by atoms with Crippen LogP contribution in [0.15, 0.2) is 48.7 Å². The van der Waals surface area contributed by atoms with Crippen LogP contribution in [-0.2, 0) is 4.79 Å². The topological polar surface area (TPSA) is 42.0 Å². The number of thiazole rings is 1. The fraction of sp³-hybridized carbons (Fsp3) is 0.0588. The highest BCUT2D eigenvalue weighted by Crippen LogP contribution is 2.39. The number of nitrogens with one attached hydrogen (secondary N) is 1. The van der Waals surface area contributed by atoms with Gasteiger partial charge < -0.3 is 5.32 Å². The van der Waals surface area contributed by atoms with E-state index in [9.17, 15) is 4.79 Å². The Balaban J connectivity index is 1.84. The van der Waals surface area contributed by atoms with Gasteiger partial charge in [-0.2, -0.15) is 0 Å². The van der Waals surface area contributed by atoms with Crippen LogP contribution < -0.4 is 5.32 Å². The van der Waals surface area contributed by atoms with Crippen molar-refractivity contribution in [1.29, 1.82) is 0 Å². The molecule has 3 nitrogen and oxygen atoms in total. The van der Waals surface area contributed by atoms with Crippen LogP contribution in [0.25, 0.3) is 21.0 Å². The van der Waals surface area contributed by atoms with Gasteiger partial charge in [-0.05, 0) is 29.8 Å². The Morgan fingerprint density at radius 1 is 1.04 bits per heavy atom. The Bertz CT molecular complexity index is 889. The molecule has 8 heteroatoms. The van der Waals surface area contributed by atoms with Crippen molar-refractivity contribution in [3.63, 3.8) is 0 Å². The van der Waals surface area contributed by atoms with Crippen LogP contribution in [0.1, 0.15) is 0 Å². The van der Waals surface area contributed by atoms with Crippen molar-refractivity contribution in [3.05, 3.63) is 58.7 Å². The van der Waals surface area contributed by atoms with Crippen LogP contribution in [0.3, 0.4) is 0 Å². The normalized spacial score (nSPS) is 10.9. The van der Waals surface area contributed by atoms with E-state index in [1.165, 1.54) is 11.3 Å². The van der Waals surface area contributed by atoms with Crippen molar-refractivity contribution in [1.82, 2.24) is 4.98 Å². The zero-order valence-electron chi connectivity index (χ0n) is 12.5. The number of hydrogen-bond donors (Lipinski definition) is 1. The van der Waals surface area contributed by atoms with Crippen LogP contribution in [0.2, 0.25) is 10.0 Å². The van der Waals surface area contributed by atoms with Gasteiger partial charge in [-0.15, -0.1) is 11.3 Å². The highest BCUT2D eigenvalue weighted by molar-refractivity contribution is 7.18. The van der Waals surface area contributed by atoms with Gasteiger partial charge in [-0.25, -0.2) is 4.98 Å². The SMILES string of the molecule is O=C(Nc1ccc(-c2cnc(-c3c(Cl)cccc3Cl)s2)cc1)C(Cl)Cl. The number of aromatic nitrogens is 1. The van der Waals surface area contributed by atoms with E-state index in [2.05, 4.69) is 10.3 Å². The molecule has 1 N–H and O–H groups in total. The Labute approximate surface area is 168 Å². The lowest BCUT2D eigenvalue weighted by Crippen LogP contribution is -2.18. The number of halogens is 4. The van der Waals surface area contributed by atoms with Gasteiger partial charge in [0.25, 0.3) is 5.91 Å². The molecule has 1 heterocycles. The van der Waals surface area contributed by atoms with Crippen molar-refractivity contribution in [3.8, 4) is 21.0 Å². The molecular formula is C17H10Cl4N2OS. The molecule has 0 unspecified atom stereocenters. The Morgan fingerprint density at radius 3 is 2.28 bits per heavy atom. The Hall–Kier alpha value is -1.30. The molecule has 1 amide bonds. The average molecular weight is 432 g/mol. The standard InChI is InChI=1S/C17H10Cl4N2OS/c18-11-2-1-3-12(19)14(11)17-22-8-13(25-17)9-4-6-10(7-5-9)23-16(24)15(20)21/h1-8,15H,(H,23,24). The summed E-state index contributed by atoms with van der Waals surface area (Å²) in [6.07, 6.45) is 1.76. The van der Waals surface area contributed by atoms with Gasteiger partial charge in [0.2, 0.25) is 0 Å². The molecule has 128 valence electrons. The van der Waals surface area contributed by atoms with Gasteiger partial charge >= 0.3 is 0 Å². The Morgan fingerprint density at radius 2 is 1.68 bits per heavy atom. The smallest absolute Gasteiger partial charge is 0.257 e. The minimum atomic E-state index is -1.11. The third kappa shape index (κ3) is 4.27. The maximum Gasteiger partial charge on any atom is 0.257 e. The monoisotopic (exact) mass is 430 g/mol. The number of nitrogens with zero attached hydrogens (tertiary/aromatic N) is 1. The molecule has 0 spiro atoms. The molecule has 0 saturated heterocycles. The zero-order valence-corrected chi connectivity index (χ0v) is 16.3. The molecular weight excluding hydrogens is 422 g/mol. The fourth-order valence-corrected chi connectivity index (χ4v) is 3.93. The largest absolute Gasteiger partial charge is 0.324 e. The van der Waals surface area contributed by atoms with E-state index in [0.29, 0.717) is 15.7 Å². The van der Waals surface area contributed by atoms with Gasteiger partial charge in [0.15, 0.2) is 4.84 Å². The Kier molecular flexibility index (Phi) is 5.87. The van der Waals surface area contributed by atoms with E-state index < -0.39 is 10.7 Å². The average Bonchev–Trinajstić information content (AvgIpc) is 3.05. The minimum absolute atomic E-state index is 0.468. The summed E-state index contributed by atoms with van der Waals surface area (Å²) in [5, 5.41) is 4.48. The first-order valence-electron chi connectivity index (χ1n) is 7.05. The molecule has 0 aliphatic rings. The van der Waals surface area contributed by atoms with Crippen LogP contribution >= 0.6 is 57.7 Å². The van der Waals surface area contributed by atoms with E-state index in [0.717, 1.165) is 21.0 Å². The maximum atomic E-state index is 11.5. The number of alkyl halides is 2. The molecule has 0 atom stereocenters. The molecule has 0 radical (unpaired) electrons. The number of anilines is 1. The van der Waals surface area contributed by atoms with Crippen molar-refractivity contribution < 1.29 is 4.79 Å². The van der Waals surface area contributed by atoms with Gasteiger partial charge in [-0.1, -0.05) is 64.6 Å². The lowest BCUT2D eigenvalue weighted by atomic mass is 10.2. The van der Waals surface area contributed by atoms with Crippen LogP contribution in [0.5, 0.6) is 0 Å². The van der Waals surface area contributed by atoms with Crippen molar-refractivity contribution in [2.45, 2.75) is 4.84 Å². The van der Waals surface area contributed by atoms with Crippen molar-refractivity contribution in [2.75, 3.05) is 5.32 Å². The summed E-state index contributed by atoms with van der Waals surface area (Å²) in [7, 11) is 0. The summed E-state index contributed by atoms with van der Waals surface area (Å²) in [5.41, 5.74) is 2.29. The summed E-state index contributed by atoms with van der Waals surface area (Å²) in [4.78, 5) is 15.8. The first kappa shape index (κ1) is 18.5. The van der Waals surface area contributed by atoms with Crippen LogP contribution in [-0.4, -0.2) is 15.7 Å². The van der Waals surface area contributed by atoms with E-state index in [-0.39, 0.29) is 0 Å². The number of amides is 1. The molecule has 25 heavy (non-hydrogen) atoms. The summed E-state index contributed by atoms with van der Waals surface area (Å²) in [6.45, 7) is 0. The zero-order chi connectivity index (χ0) is 18.0. The second-order valence-electron chi connectivity index (χ2n) is 4.99. The molecule has 0 saturated carbocycles. The number of benzene rings is 2. The fourth-order valence-electron chi connectivity index (χ4n) is 2.14. The second kappa shape index (κ2) is 7.94. The number of carbonyl (C=O) groups excluding carboxylic acids is 1. The third-order valence-corrected chi connectivity index (χ3v) is 5.41. The lowest BCUT2D eigenvalue weighted by Gasteiger charge is -2.06. The van der Waals surface area contributed by atoms with Gasteiger partial charge in [0, 0.05) is 17.4 Å². The molecule has 0 bridgehead atoms. The predicted molar refractivity (Wildman–Crippen MR) is 107 cm³/mol. The number of carbonyl (C=O) groups is 1. The maximum absolute atomic E-state index is 11.5. The molecule has 0 aliphatic carbocycles. The van der Waals surface area contributed by atoms with E-state index in [4.69, 9.17) is 46.4 Å². The van der Waals surface area contributed by atoms with E-state index in [1.807, 2.05) is 12.1 Å². The molecule has 0 fully saturated rings. The third-order valence-electron chi connectivity index (χ3n) is 3.32. The van der Waals surface area contributed by atoms with E-state index >= 15 is 0 Å². The highest BCUT2D eigenvalue weighted by atomic mass is 35.5. The first-order chi connectivity index (χ1) is 12.0. The molecule has 1 aromatic heterocycles. The number of rotatable bonds is 4. The summed E-state index contributed by atoms with van der Waals surface area (Å²) in [5.74, 6) is -0.468. The summed E-state index contributed by atoms with van der Waals surface area (Å²) < 4.78 is 0. The van der Waals surface area contributed by atoms with Crippen LogP contribution in [0.4, 0.5) is 5.69 Å². The van der Waals surface area contributed by atoms with Crippen LogP contribution in [0, 0.1) is 0 Å².